The zero-order chi connectivity index (χ0) is 14.7. The zero-order valence-electron chi connectivity index (χ0n) is 11.0. The summed E-state index contributed by atoms with van der Waals surface area (Å²) in [6, 6.07) is 11.8. The highest BCUT2D eigenvalue weighted by Gasteiger charge is 2.06. The summed E-state index contributed by atoms with van der Waals surface area (Å²) in [6.07, 6.45) is 5.00. The summed E-state index contributed by atoms with van der Waals surface area (Å²) < 4.78 is 1.71. The van der Waals surface area contributed by atoms with E-state index in [4.69, 9.17) is 0 Å². The number of H-pyrrole nitrogens is 1. The Hall–Kier alpha value is -3.15. The Morgan fingerprint density at radius 1 is 1.19 bits per heavy atom. The van der Waals surface area contributed by atoms with Crippen molar-refractivity contribution in [3.05, 3.63) is 77.0 Å². The quantitative estimate of drug-likeness (QED) is 0.768. The third kappa shape index (κ3) is 2.89. The van der Waals surface area contributed by atoms with Gasteiger partial charge in [0.15, 0.2) is 0 Å². The molecule has 0 aliphatic rings. The van der Waals surface area contributed by atoms with Gasteiger partial charge in [0.05, 0.1) is 5.69 Å². The van der Waals surface area contributed by atoms with Gasteiger partial charge in [-0.1, -0.05) is 0 Å². The fourth-order valence-electron chi connectivity index (χ4n) is 1.91. The van der Waals surface area contributed by atoms with Gasteiger partial charge >= 0.3 is 0 Å². The molecule has 0 aliphatic heterocycles. The average Bonchev–Trinajstić information content (AvgIpc) is 3.01. The molecule has 0 bridgehead atoms. The van der Waals surface area contributed by atoms with E-state index in [1.54, 1.807) is 41.2 Å². The molecule has 3 aromatic rings. The van der Waals surface area contributed by atoms with Gasteiger partial charge in [-0.3, -0.25) is 9.59 Å². The van der Waals surface area contributed by atoms with Crippen molar-refractivity contribution in [3.8, 4) is 5.69 Å². The molecule has 104 valence electrons. The number of pyridine rings is 1. The van der Waals surface area contributed by atoms with E-state index >= 15 is 0 Å². The lowest BCUT2D eigenvalue weighted by atomic mass is 10.2. The number of aromatic nitrogens is 3. The minimum atomic E-state index is -0.271. The van der Waals surface area contributed by atoms with Crippen LogP contribution in [0.25, 0.3) is 5.69 Å². The van der Waals surface area contributed by atoms with Crippen LogP contribution < -0.4 is 10.9 Å². The van der Waals surface area contributed by atoms with Crippen LogP contribution in [-0.2, 0) is 0 Å². The number of hydrogen-bond acceptors (Lipinski definition) is 3. The van der Waals surface area contributed by atoms with Crippen molar-refractivity contribution in [3.63, 3.8) is 0 Å². The molecule has 2 heterocycles. The van der Waals surface area contributed by atoms with Crippen LogP contribution in [0, 0.1) is 0 Å². The standard InChI is InChI=1S/C15H12N4O2/c20-14-10-12(6-8-16-14)18-15(21)11-2-4-13(5-3-11)19-9-1-7-17-19/h1-10H,(H2,16,18,20,21). The van der Waals surface area contributed by atoms with Gasteiger partial charge in [0, 0.05) is 35.9 Å². The molecule has 2 N–H and O–H groups in total. The Morgan fingerprint density at radius 3 is 2.67 bits per heavy atom. The van der Waals surface area contributed by atoms with Crippen LogP contribution in [0.1, 0.15) is 10.4 Å². The number of carbonyl (C=O) groups is 1. The Kier molecular flexibility index (Phi) is 3.34. The SMILES string of the molecule is O=C(Nc1cc[nH]c(=O)c1)c1ccc(-n2cccn2)cc1. The Labute approximate surface area is 120 Å². The molecule has 0 atom stereocenters. The maximum atomic E-state index is 12.1. The summed E-state index contributed by atoms with van der Waals surface area (Å²) in [4.78, 5) is 25.7. The molecule has 0 unspecified atom stereocenters. The van der Waals surface area contributed by atoms with Gasteiger partial charge in [-0.25, -0.2) is 4.68 Å². The summed E-state index contributed by atoms with van der Waals surface area (Å²) in [5.41, 5.74) is 1.57. The molecule has 1 aromatic carbocycles. The first-order valence-corrected chi connectivity index (χ1v) is 6.32. The molecule has 6 nitrogen and oxygen atoms in total. The fourth-order valence-corrected chi connectivity index (χ4v) is 1.91. The van der Waals surface area contributed by atoms with Gasteiger partial charge in [-0.15, -0.1) is 0 Å². The average molecular weight is 280 g/mol. The number of benzene rings is 1. The molecule has 0 aliphatic carbocycles. The van der Waals surface area contributed by atoms with E-state index in [-0.39, 0.29) is 11.5 Å². The highest BCUT2D eigenvalue weighted by molar-refractivity contribution is 6.04. The van der Waals surface area contributed by atoms with E-state index in [2.05, 4.69) is 15.4 Å². The first-order chi connectivity index (χ1) is 10.2. The van der Waals surface area contributed by atoms with Crippen molar-refractivity contribution in [2.45, 2.75) is 0 Å². The van der Waals surface area contributed by atoms with Crippen LogP contribution in [0.4, 0.5) is 5.69 Å². The van der Waals surface area contributed by atoms with Crippen molar-refractivity contribution in [1.29, 1.82) is 0 Å². The lowest BCUT2D eigenvalue weighted by Gasteiger charge is -2.06. The number of nitrogens with zero attached hydrogens (tertiary/aromatic N) is 2. The predicted octanol–water partition coefficient (Wildman–Crippen LogP) is 1.81. The van der Waals surface area contributed by atoms with Crippen molar-refractivity contribution < 1.29 is 4.79 Å². The van der Waals surface area contributed by atoms with E-state index in [9.17, 15) is 9.59 Å². The van der Waals surface area contributed by atoms with Crippen LogP contribution >= 0.6 is 0 Å². The summed E-state index contributed by atoms with van der Waals surface area (Å²) in [7, 11) is 0. The van der Waals surface area contributed by atoms with Gasteiger partial charge in [0.2, 0.25) is 5.56 Å². The first-order valence-electron chi connectivity index (χ1n) is 6.32. The molecule has 1 amide bonds. The molecule has 0 fully saturated rings. The molecule has 0 saturated heterocycles. The Bertz CT molecular complexity index is 804. The van der Waals surface area contributed by atoms with Crippen molar-refractivity contribution in [2.24, 2.45) is 0 Å². The van der Waals surface area contributed by atoms with E-state index in [1.165, 1.54) is 12.3 Å². The minimum Gasteiger partial charge on any atom is -0.329 e. The zero-order valence-corrected chi connectivity index (χ0v) is 11.0. The second-order valence-electron chi connectivity index (χ2n) is 4.39. The Morgan fingerprint density at radius 2 is 2.00 bits per heavy atom. The summed E-state index contributed by atoms with van der Waals surface area (Å²) in [5.74, 6) is -0.271. The summed E-state index contributed by atoms with van der Waals surface area (Å²) in [5, 5.41) is 6.79. The number of carbonyl (C=O) groups excluding carboxylic acids is 1. The van der Waals surface area contributed by atoms with Crippen LogP contribution in [-0.4, -0.2) is 20.7 Å². The molecule has 0 radical (unpaired) electrons. The van der Waals surface area contributed by atoms with Gasteiger partial charge in [-0.05, 0) is 36.4 Å². The van der Waals surface area contributed by atoms with E-state index in [0.29, 0.717) is 11.3 Å². The molecule has 6 heteroatoms. The first kappa shape index (κ1) is 12.9. The number of anilines is 1. The smallest absolute Gasteiger partial charge is 0.255 e. The van der Waals surface area contributed by atoms with Crippen LogP contribution in [0.3, 0.4) is 0 Å². The third-order valence-corrected chi connectivity index (χ3v) is 2.93. The predicted molar refractivity (Wildman–Crippen MR) is 78.6 cm³/mol. The summed E-state index contributed by atoms with van der Waals surface area (Å²) in [6.45, 7) is 0. The second-order valence-corrected chi connectivity index (χ2v) is 4.39. The monoisotopic (exact) mass is 280 g/mol. The molecular weight excluding hydrogens is 268 g/mol. The van der Waals surface area contributed by atoms with Crippen LogP contribution in [0.5, 0.6) is 0 Å². The highest BCUT2D eigenvalue weighted by Crippen LogP contribution is 2.10. The largest absolute Gasteiger partial charge is 0.329 e. The normalized spacial score (nSPS) is 10.3. The minimum absolute atomic E-state index is 0.262. The van der Waals surface area contributed by atoms with Crippen molar-refractivity contribution >= 4 is 11.6 Å². The third-order valence-electron chi connectivity index (χ3n) is 2.93. The highest BCUT2D eigenvalue weighted by atomic mass is 16.1. The van der Waals surface area contributed by atoms with Gasteiger partial charge in [0.25, 0.3) is 5.91 Å². The molecule has 21 heavy (non-hydrogen) atoms. The molecule has 2 aromatic heterocycles. The van der Waals surface area contributed by atoms with E-state index < -0.39 is 0 Å². The number of amides is 1. The van der Waals surface area contributed by atoms with Crippen molar-refractivity contribution in [2.75, 3.05) is 5.32 Å². The van der Waals surface area contributed by atoms with E-state index in [1.807, 2.05) is 12.3 Å². The fraction of sp³-hybridized carbons (Fsp3) is 0. The molecule has 3 rings (SSSR count). The molecule has 0 saturated carbocycles. The van der Waals surface area contributed by atoms with Crippen molar-refractivity contribution in [1.82, 2.24) is 14.8 Å². The Balaban J connectivity index is 1.77. The van der Waals surface area contributed by atoms with Gasteiger partial charge in [0.1, 0.15) is 0 Å². The van der Waals surface area contributed by atoms with Gasteiger partial charge in [-0.2, -0.15) is 5.10 Å². The molecular formula is C15H12N4O2. The molecule has 0 spiro atoms. The topological polar surface area (TPSA) is 79.8 Å². The summed E-state index contributed by atoms with van der Waals surface area (Å²) >= 11 is 0. The van der Waals surface area contributed by atoms with Gasteiger partial charge < -0.3 is 10.3 Å². The second kappa shape index (κ2) is 5.46. The lowest BCUT2D eigenvalue weighted by Crippen LogP contribution is -2.14. The lowest BCUT2D eigenvalue weighted by molar-refractivity contribution is 0.102. The number of aromatic amines is 1. The number of rotatable bonds is 3. The van der Waals surface area contributed by atoms with E-state index in [0.717, 1.165) is 5.69 Å². The number of nitrogens with one attached hydrogen (secondary N) is 2. The maximum Gasteiger partial charge on any atom is 0.255 e. The number of hydrogen-bond donors (Lipinski definition) is 2. The van der Waals surface area contributed by atoms with Crippen LogP contribution in [0.2, 0.25) is 0 Å². The maximum absolute atomic E-state index is 12.1. The van der Waals surface area contributed by atoms with Crippen LogP contribution in [0.15, 0.2) is 65.8 Å².